The van der Waals surface area contributed by atoms with E-state index in [4.69, 9.17) is 10.1 Å². The van der Waals surface area contributed by atoms with Crippen LogP contribution in [0.5, 0.6) is 0 Å². The maximum absolute atomic E-state index is 9.21. The van der Waals surface area contributed by atoms with E-state index in [1.165, 1.54) is 0 Å². The minimum absolute atomic E-state index is 0.00633. The van der Waals surface area contributed by atoms with Crippen molar-refractivity contribution in [2.45, 2.75) is 26.1 Å². The number of hydrazone groups is 1. The van der Waals surface area contributed by atoms with E-state index in [2.05, 4.69) is 28.5 Å². The molecule has 3 heterocycles. The van der Waals surface area contributed by atoms with Crippen molar-refractivity contribution in [1.82, 2.24) is 10.2 Å². The van der Waals surface area contributed by atoms with Gasteiger partial charge in [0.05, 0.1) is 34.8 Å². The highest BCUT2D eigenvalue weighted by Gasteiger charge is 2.37. The molecule has 0 spiro atoms. The molecule has 0 aromatic heterocycles. The Morgan fingerprint density at radius 2 is 2.08 bits per heavy atom. The van der Waals surface area contributed by atoms with Crippen LogP contribution in [-0.4, -0.2) is 54.8 Å². The second-order valence-corrected chi connectivity index (χ2v) is 6.39. The summed E-state index contributed by atoms with van der Waals surface area (Å²) in [6.07, 6.45) is 0.00633. The molecular formula is C17H21N7. The number of benzene rings is 1. The molecule has 3 aliphatic heterocycles. The van der Waals surface area contributed by atoms with E-state index in [-0.39, 0.29) is 12.2 Å². The fourth-order valence-corrected chi connectivity index (χ4v) is 3.31. The van der Waals surface area contributed by atoms with Crippen LogP contribution in [0.15, 0.2) is 28.3 Å². The number of anilines is 2. The van der Waals surface area contributed by atoms with Crippen molar-refractivity contribution in [3.63, 3.8) is 0 Å². The summed E-state index contributed by atoms with van der Waals surface area (Å²) in [6.45, 7) is 7.95. The molecule has 0 aliphatic carbocycles. The molecule has 24 heavy (non-hydrogen) atoms. The predicted octanol–water partition coefficient (Wildman–Crippen LogP) is 1.20. The van der Waals surface area contributed by atoms with Gasteiger partial charge in [-0.3, -0.25) is 9.89 Å². The normalized spacial score (nSPS) is 26.5. The average Bonchev–Trinajstić information content (AvgIpc) is 2.62. The Balaban J connectivity index is 1.79. The van der Waals surface area contributed by atoms with Gasteiger partial charge >= 0.3 is 0 Å². The zero-order chi connectivity index (χ0) is 16.7. The van der Waals surface area contributed by atoms with E-state index in [1.807, 2.05) is 30.1 Å². The van der Waals surface area contributed by atoms with E-state index in [0.717, 1.165) is 49.1 Å². The summed E-state index contributed by atoms with van der Waals surface area (Å²) in [4.78, 5) is 7.30. The molecule has 0 radical (unpaired) electrons. The SMILES string of the molecule is CC1=NN2C(=NC1C)C(N1CCNCC1)Nc1ccc(C#N)cc12. The lowest BCUT2D eigenvalue weighted by Crippen LogP contribution is -2.60. The van der Waals surface area contributed by atoms with Gasteiger partial charge < -0.3 is 10.6 Å². The molecule has 1 fully saturated rings. The van der Waals surface area contributed by atoms with E-state index in [9.17, 15) is 5.26 Å². The Morgan fingerprint density at radius 3 is 2.83 bits per heavy atom. The molecule has 1 aromatic rings. The highest BCUT2D eigenvalue weighted by atomic mass is 15.5. The van der Waals surface area contributed by atoms with Crippen LogP contribution in [0, 0.1) is 11.3 Å². The molecule has 1 saturated heterocycles. The van der Waals surface area contributed by atoms with E-state index in [1.54, 1.807) is 0 Å². The number of nitrogens with zero attached hydrogens (tertiary/aromatic N) is 5. The molecule has 0 bridgehead atoms. The van der Waals surface area contributed by atoms with Gasteiger partial charge in [0.15, 0.2) is 5.84 Å². The first-order valence-corrected chi connectivity index (χ1v) is 8.36. The van der Waals surface area contributed by atoms with Crippen molar-refractivity contribution >= 4 is 22.9 Å². The summed E-state index contributed by atoms with van der Waals surface area (Å²) in [5.41, 5.74) is 3.49. The molecule has 3 aliphatic rings. The Kier molecular flexibility index (Phi) is 3.71. The fraction of sp³-hybridized carbons (Fsp3) is 0.471. The lowest BCUT2D eigenvalue weighted by molar-refractivity contribution is 0.225. The third kappa shape index (κ3) is 2.44. The van der Waals surface area contributed by atoms with Crippen LogP contribution in [0.25, 0.3) is 0 Å². The highest BCUT2D eigenvalue weighted by Crippen LogP contribution is 2.35. The highest BCUT2D eigenvalue weighted by molar-refractivity contribution is 6.11. The molecule has 7 nitrogen and oxygen atoms in total. The molecule has 2 atom stereocenters. The Hall–Kier alpha value is -2.43. The first-order valence-electron chi connectivity index (χ1n) is 8.36. The second-order valence-electron chi connectivity index (χ2n) is 6.39. The first-order chi connectivity index (χ1) is 11.7. The zero-order valence-corrected chi connectivity index (χ0v) is 14.0. The topological polar surface area (TPSA) is 79.1 Å². The quantitative estimate of drug-likeness (QED) is 0.812. The monoisotopic (exact) mass is 323 g/mol. The summed E-state index contributed by atoms with van der Waals surface area (Å²) in [5, 5.41) is 22.9. The molecule has 0 saturated carbocycles. The van der Waals surface area contributed by atoms with Crippen LogP contribution in [0.1, 0.15) is 19.4 Å². The molecule has 124 valence electrons. The Morgan fingerprint density at radius 1 is 1.29 bits per heavy atom. The number of hydrogen-bond acceptors (Lipinski definition) is 7. The molecular weight excluding hydrogens is 302 g/mol. The average molecular weight is 323 g/mol. The number of aliphatic imine (C=N–C) groups is 1. The lowest BCUT2D eigenvalue weighted by Gasteiger charge is -2.44. The minimum Gasteiger partial charge on any atom is -0.362 e. The summed E-state index contributed by atoms with van der Waals surface area (Å²) in [5.74, 6) is 0.914. The van der Waals surface area contributed by atoms with Crippen molar-refractivity contribution in [3.8, 4) is 6.07 Å². The molecule has 0 amide bonds. The Labute approximate surface area is 141 Å². The number of fused-ring (bicyclic) bond motifs is 3. The van der Waals surface area contributed by atoms with Gasteiger partial charge in [0.2, 0.25) is 0 Å². The summed E-state index contributed by atoms with van der Waals surface area (Å²) in [7, 11) is 0. The molecule has 7 heteroatoms. The summed E-state index contributed by atoms with van der Waals surface area (Å²) in [6, 6.07) is 7.95. The van der Waals surface area contributed by atoms with Gasteiger partial charge in [0, 0.05) is 26.2 Å². The number of piperazine rings is 1. The molecule has 2 N–H and O–H groups in total. The summed E-state index contributed by atoms with van der Waals surface area (Å²) >= 11 is 0. The van der Waals surface area contributed by atoms with Crippen molar-refractivity contribution in [3.05, 3.63) is 23.8 Å². The van der Waals surface area contributed by atoms with E-state index in [0.29, 0.717) is 5.56 Å². The number of nitriles is 1. The van der Waals surface area contributed by atoms with Gasteiger partial charge in [0.25, 0.3) is 0 Å². The van der Waals surface area contributed by atoms with E-state index < -0.39 is 0 Å². The van der Waals surface area contributed by atoms with E-state index >= 15 is 0 Å². The summed E-state index contributed by atoms with van der Waals surface area (Å²) < 4.78 is 0. The van der Waals surface area contributed by atoms with Crippen LogP contribution in [0.3, 0.4) is 0 Å². The van der Waals surface area contributed by atoms with Gasteiger partial charge in [-0.1, -0.05) is 0 Å². The lowest BCUT2D eigenvalue weighted by atomic mass is 10.1. The number of nitrogens with one attached hydrogen (secondary N) is 2. The van der Waals surface area contributed by atoms with Crippen molar-refractivity contribution in [2.75, 3.05) is 36.5 Å². The maximum atomic E-state index is 9.21. The van der Waals surface area contributed by atoms with Gasteiger partial charge in [0.1, 0.15) is 6.17 Å². The van der Waals surface area contributed by atoms with Crippen LogP contribution in [0.4, 0.5) is 11.4 Å². The number of amidine groups is 1. The third-order valence-electron chi connectivity index (χ3n) is 4.81. The number of rotatable bonds is 1. The zero-order valence-electron chi connectivity index (χ0n) is 14.0. The van der Waals surface area contributed by atoms with Crippen molar-refractivity contribution < 1.29 is 0 Å². The van der Waals surface area contributed by atoms with Gasteiger partial charge in [-0.25, -0.2) is 5.01 Å². The fourth-order valence-electron chi connectivity index (χ4n) is 3.31. The molecule has 1 aromatic carbocycles. The molecule has 2 unspecified atom stereocenters. The second kappa shape index (κ2) is 5.89. The van der Waals surface area contributed by atoms with Crippen LogP contribution in [-0.2, 0) is 0 Å². The van der Waals surface area contributed by atoms with Crippen molar-refractivity contribution in [1.29, 1.82) is 5.26 Å². The first kappa shape index (κ1) is 15.1. The van der Waals surface area contributed by atoms with Crippen LogP contribution < -0.4 is 15.6 Å². The predicted molar refractivity (Wildman–Crippen MR) is 95.5 cm³/mol. The van der Waals surface area contributed by atoms with Crippen LogP contribution in [0.2, 0.25) is 0 Å². The van der Waals surface area contributed by atoms with Crippen LogP contribution >= 0.6 is 0 Å². The maximum Gasteiger partial charge on any atom is 0.164 e. The van der Waals surface area contributed by atoms with Gasteiger partial charge in [-0.15, -0.1) is 0 Å². The van der Waals surface area contributed by atoms with Gasteiger partial charge in [-0.2, -0.15) is 10.4 Å². The van der Waals surface area contributed by atoms with Crippen molar-refractivity contribution in [2.24, 2.45) is 10.1 Å². The number of hydrogen-bond donors (Lipinski definition) is 2. The minimum atomic E-state index is 0.00633. The third-order valence-corrected chi connectivity index (χ3v) is 4.81. The largest absolute Gasteiger partial charge is 0.362 e. The Bertz CT molecular complexity index is 755. The standard InChI is InChI=1S/C17H21N7/c1-11-12(2)22-24-15-9-13(10-18)3-4-14(15)21-16(17(24)20-11)23-7-5-19-6-8-23/h3-4,9,11,16,19,21H,5-8H2,1-2H3. The van der Waals surface area contributed by atoms with Gasteiger partial charge in [-0.05, 0) is 32.0 Å². The smallest absolute Gasteiger partial charge is 0.164 e. The molecule has 4 rings (SSSR count).